The van der Waals surface area contributed by atoms with Crippen LogP contribution in [0.15, 0.2) is 54.7 Å². The van der Waals surface area contributed by atoms with Crippen molar-refractivity contribution in [2.24, 2.45) is 0 Å². The molecule has 0 radical (unpaired) electrons. The number of fused-ring (bicyclic) bond motifs is 3. The number of carbonyl (C=O) groups excluding carboxylic acids is 1. The molecule has 1 aliphatic heterocycles. The largest absolute Gasteiger partial charge is 0.354 e. The van der Waals surface area contributed by atoms with E-state index in [1.807, 2.05) is 24.3 Å². The molecule has 26 heavy (non-hydrogen) atoms. The highest BCUT2D eigenvalue weighted by Gasteiger charge is 2.20. The summed E-state index contributed by atoms with van der Waals surface area (Å²) in [6, 6.07) is 16.2. The van der Waals surface area contributed by atoms with Crippen LogP contribution in [-0.4, -0.2) is 22.4 Å². The third kappa shape index (κ3) is 3.42. The summed E-state index contributed by atoms with van der Waals surface area (Å²) >= 11 is 0. The first kappa shape index (κ1) is 16.3. The molecule has 0 spiro atoms. The number of nitrogens with one attached hydrogen (secondary N) is 2. The molecule has 5 nitrogen and oxygen atoms in total. The van der Waals surface area contributed by atoms with Gasteiger partial charge in [0.1, 0.15) is 0 Å². The fourth-order valence-corrected chi connectivity index (χ4v) is 3.21. The third-order valence-corrected chi connectivity index (χ3v) is 4.45. The van der Waals surface area contributed by atoms with Gasteiger partial charge in [-0.15, -0.1) is 0 Å². The van der Waals surface area contributed by atoms with Crippen LogP contribution in [-0.2, 0) is 17.6 Å². The van der Waals surface area contributed by atoms with Crippen molar-refractivity contribution in [1.29, 1.82) is 0 Å². The first-order chi connectivity index (χ1) is 12.7. The lowest BCUT2D eigenvalue weighted by Gasteiger charge is -2.10. The molecule has 4 rings (SSSR count). The molecule has 2 N–H and O–H groups in total. The van der Waals surface area contributed by atoms with Gasteiger partial charge in [0.15, 0.2) is 0 Å². The molecule has 0 fully saturated rings. The maximum absolute atomic E-state index is 12.1. The number of anilines is 2. The van der Waals surface area contributed by atoms with Crippen molar-refractivity contribution in [2.45, 2.75) is 19.8 Å². The van der Waals surface area contributed by atoms with Crippen molar-refractivity contribution in [2.75, 3.05) is 17.2 Å². The second-order valence-electron chi connectivity index (χ2n) is 6.50. The lowest BCUT2D eigenvalue weighted by Crippen LogP contribution is -2.13. The maximum atomic E-state index is 12.1. The Morgan fingerprint density at radius 3 is 2.92 bits per heavy atom. The second-order valence-corrected chi connectivity index (χ2v) is 6.50. The number of hydrogen-bond acceptors (Lipinski definition) is 4. The number of amides is 1. The number of benzene rings is 2. The SMILES string of the molecule is Cc1cccc(CCNc2ncc3c(n2)-c2ccccc2NC(=O)C3)c1. The first-order valence-electron chi connectivity index (χ1n) is 8.73. The van der Waals surface area contributed by atoms with Crippen molar-refractivity contribution < 1.29 is 4.79 Å². The monoisotopic (exact) mass is 344 g/mol. The molecular formula is C21H20N4O. The quantitative estimate of drug-likeness (QED) is 0.759. The van der Waals surface area contributed by atoms with Crippen molar-refractivity contribution >= 4 is 17.5 Å². The number of carbonyl (C=O) groups is 1. The van der Waals surface area contributed by atoms with Gasteiger partial charge >= 0.3 is 0 Å². The van der Waals surface area contributed by atoms with Crippen LogP contribution in [0, 0.1) is 6.92 Å². The smallest absolute Gasteiger partial charge is 0.228 e. The van der Waals surface area contributed by atoms with Crippen LogP contribution in [0.2, 0.25) is 0 Å². The minimum atomic E-state index is -0.0417. The zero-order valence-corrected chi connectivity index (χ0v) is 14.6. The minimum absolute atomic E-state index is 0.0417. The van der Waals surface area contributed by atoms with Crippen LogP contribution < -0.4 is 10.6 Å². The summed E-state index contributed by atoms with van der Waals surface area (Å²) in [7, 11) is 0. The molecule has 2 heterocycles. The summed E-state index contributed by atoms with van der Waals surface area (Å²) in [4.78, 5) is 21.1. The van der Waals surface area contributed by atoms with Crippen LogP contribution in [0.4, 0.5) is 11.6 Å². The molecule has 3 aromatic rings. The highest BCUT2D eigenvalue weighted by atomic mass is 16.1. The average Bonchev–Trinajstić information content (AvgIpc) is 2.77. The molecule has 0 unspecified atom stereocenters. The van der Waals surface area contributed by atoms with Crippen molar-refractivity contribution in [3.05, 3.63) is 71.4 Å². The van der Waals surface area contributed by atoms with E-state index in [0.717, 1.165) is 35.5 Å². The van der Waals surface area contributed by atoms with Gasteiger partial charge in [-0.3, -0.25) is 4.79 Å². The van der Waals surface area contributed by atoms with Gasteiger partial charge in [-0.25, -0.2) is 9.97 Å². The Kier molecular flexibility index (Phi) is 4.35. The highest BCUT2D eigenvalue weighted by Crippen LogP contribution is 2.32. The van der Waals surface area contributed by atoms with E-state index < -0.39 is 0 Å². The lowest BCUT2D eigenvalue weighted by atomic mass is 10.1. The van der Waals surface area contributed by atoms with Gasteiger partial charge < -0.3 is 10.6 Å². The van der Waals surface area contributed by atoms with E-state index in [0.29, 0.717) is 5.95 Å². The molecule has 1 aliphatic rings. The molecule has 2 aromatic carbocycles. The number of para-hydroxylation sites is 1. The summed E-state index contributed by atoms with van der Waals surface area (Å²) in [5.41, 5.74) is 5.92. The van der Waals surface area contributed by atoms with E-state index >= 15 is 0 Å². The fraction of sp³-hybridized carbons (Fsp3) is 0.190. The summed E-state index contributed by atoms with van der Waals surface area (Å²) < 4.78 is 0. The van der Waals surface area contributed by atoms with E-state index in [9.17, 15) is 4.79 Å². The van der Waals surface area contributed by atoms with Crippen LogP contribution in [0.25, 0.3) is 11.3 Å². The lowest BCUT2D eigenvalue weighted by molar-refractivity contribution is -0.115. The Balaban J connectivity index is 1.56. The van der Waals surface area contributed by atoms with Gasteiger partial charge in [0.2, 0.25) is 11.9 Å². The minimum Gasteiger partial charge on any atom is -0.354 e. The van der Waals surface area contributed by atoms with Crippen molar-refractivity contribution in [3.63, 3.8) is 0 Å². The molecule has 130 valence electrons. The molecule has 0 bridgehead atoms. The van der Waals surface area contributed by atoms with Crippen molar-refractivity contribution in [3.8, 4) is 11.3 Å². The van der Waals surface area contributed by atoms with Gasteiger partial charge in [0.05, 0.1) is 17.8 Å². The highest BCUT2D eigenvalue weighted by molar-refractivity contribution is 5.99. The standard InChI is InChI=1S/C21H20N4O/c1-14-5-4-6-15(11-14)9-10-22-21-23-13-16-12-19(26)24-18-8-3-2-7-17(18)20(16)25-21/h2-8,11,13H,9-10,12H2,1H3,(H,24,26)(H,22,23,25). The van der Waals surface area contributed by atoms with Gasteiger partial charge in [-0.2, -0.15) is 0 Å². The van der Waals surface area contributed by atoms with Crippen LogP contribution in [0.3, 0.4) is 0 Å². The summed E-state index contributed by atoms with van der Waals surface area (Å²) in [6.45, 7) is 2.85. The summed E-state index contributed by atoms with van der Waals surface area (Å²) in [5.74, 6) is 0.542. The molecule has 0 saturated carbocycles. The predicted molar refractivity (Wildman–Crippen MR) is 103 cm³/mol. The molecular weight excluding hydrogens is 324 g/mol. The molecule has 0 saturated heterocycles. The number of rotatable bonds is 4. The second kappa shape index (κ2) is 6.96. The predicted octanol–water partition coefficient (Wildman–Crippen LogP) is 3.60. The number of nitrogens with zero attached hydrogens (tertiary/aromatic N) is 2. The Labute approximate surface area is 152 Å². The molecule has 5 heteroatoms. The number of aryl methyl sites for hydroxylation is 1. The van der Waals surface area contributed by atoms with E-state index in [-0.39, 0.29) is 12.3 Å². The number of aromatic nitrogens is 2. The maximum Gasteiger partial charge on any atom is 0.228 e. The molecule has 1 amide bonds. The van der Waals surface area contributed by atoms with Crippen molar-refractivity contribution in [1.82, 2.24) is 9.97 Å². The molecule has 0 atom stereocenters. The topological polar surface area (TPSA) is 66.9 Å². The van der Waals surface area contributed by atoms with Gasteiger partial charge in [0, 0.05) is 23.9 Å². The van der Waals surface area contributed by atoms with E-state index in [1.54, 1.807) is 6.20 Å². The van der Waals surface area contributed by atoms with Crippen LogP contribution in [0.1, 0.15) is 16.7 Å². The van der Waals surface area contributed by atoms with E-state index in [1.165, 1.54) is 11.1 Å². The van der Waals surface area contributed by atoms with Crippen LogP contribution >= 0.6 is 0 Å². The zero-order valence-electron chi connectivity index (χ0n) is 14.6. The van der Waals surface area contributed by atoms with Gasteiger partial charge in [-0.05, 0) is 25.0 Å². The fourth-order valence-electron chi connectivity index (χ4n) is 3.21. The Hall–Kier alpha value is -3.21. The third-order valence-electron chi connectivity index (χ3n) is 4.45. The first-order valence-corrected chi connectivity index (χ1v) is 8.73. The molecule has 1 aromatic heterocycles. The zero-order chi connectivity index (χ0) is 17.9. The van der Waals surface area contributed by atoms with Crippen LogP contribution in [0.5, 0.6) is 0 Å². The molecule has 0 aliphatic carbocycles. The number of hydrogen-bond donors (Lipinski definition) is 2. The summed E-state index contributed by atoms with van der Waals surface area (Å²) in [6.07, 6.45) is 2.94. The Bertz CT molecular complexity index is 968. The normalized spacial score (nSPS) is 12.6. The van der Waals surface area contributed by atoms with E-state index in [2.05, 4.69) is 51.8 Å². The summed E-state index contributed by atoms with van der Waals surface area (Å²) in [5, 5.41) is 6.23. The average molecular weight is 344 g/mol. The van der Waals surface area contributed by atoms with E-state index in [4.69, 9.17) is 0 Å². The van der Waals surface area contributed by atoms with Gasteiger partial charge in [-0.1, -0.05) is 48.0 Å². The Morgan fingerprint density at radius 2 is 2.04 bits per heavy atom. The Morgan fingerprint density at radius 1 is 1.15 bits per heavy atom. The van der Waals surface area contributed by atoms with Gasteiger partial charge in [0.25, 0.3) is 0 Å².